The van der Waals surface area contributed by atoms with E-state index >= 15 is 0 Å². The lowest BCUT2D eigenvalue weighted by atomic mass is 9.38. The van der Waals surface area contributed by atoms with Gasteiger partial charge in [-0.3, -0.25) is 9.59 Å². The molecule has 1 fully saturated rings. The summed E-state index contributed by atoms with van der Waals surface area (Å²) < 4.78 is 0. The molecule has 2 bridgehead atoms. The molecule has 1 saturated carbocycles. The second-order valence-electron chi connectivity index (χ2n) is 8.52. The van der Waals surface area contributed by atoms with Crippen LogP contribution >= 0.6 is 0 Å². The molecule has 2 aromatic rings. The van der Waals surface area contributed by atoms with Gasteiger partial charge in [0.2, 0.25) is 0 Å². The SMILES string of the molecule is CC1=CC[C@]23C(=O)CC(=O)[C@@]2(C1)C1c2ccccc2C3c2ccccc21. The first-order chi connectivity index (χ1) is 12.6. The predicted molar refractivity (Wildman–Crippen MR) is 99.1 cm³/mol. The Morgan fingerprint density at radius 2 is 1.23 bits per heavy atom. The summed E-state index contributed by atoms with van der Waals surface area (Å²) in [4.78, 5) is 26.9. The number of hydrogen-bond donors (Lipinski definition) is 0. The molecule has 2 aromatic carbocycles. The molecule has 2 heteroatoms. The number of Topliss-reactive ketones (excluding diaryl/α,β-unsaturated/α-hetero) is 2. The summed E-state index contributed by atoms with van der Waals surface area (Å²) in [6, 6.07) is 17.0. The molecule has 0 saturated heterocycles. The number of allylic oxidation sites excluding steroid dienone is 2. The highest BCUT2D eigenvalue weighted by Gasteiger charge is 2.76. The van der Waals surface area contributed by atoms with Crippen molar-refractivity contribution < 1.29 is 9.59 Å². The standard InChI is InChI=1S/C24H20O2/c1-14-10-11-23-19(25)12-20(26)24(23,13-14)22-17-8-4-2-6-15(17)21(23)16-7-3-5-9-18(16)22/h2-10,21-22H,11-13H2,1H3/t21?,22?,23-,24+/m1/s1. The van der Waals surface area contributed by atoms with Crippen LogP contribution in [0.4, 0.5) is 0 Å². The number of ketones is 2. The molecule has 0 heterocycles. The normalized spacial score (nSPS) is 36.1. The molecule has 0 aromatic heterocycles. The van der Waals surface area contributed by atoms with Gasteiger partial charge in [-0.1, -0.05) is 60.2 Å². The van der Waals surface area contributed by atoms with Crippen molar-refractivity contribution in [2.45, 2.75) is 38.0 Å². The molecule has 2 atom stereocenters. The van der Waals surface area contributed by atoms with Crippen molar-refractivity contribution >= 4 is 11.6 Å². The maximum atomic E-state index is 13.5. The molecule has 0 N–H and O–H groups in total. The molecule has 0 radical (unpaired) electrons. The Balaban J connectivity index is 1.81. The molecule has 5 aliphatic rings. The number of hydrogen-bond acceptors (Lipinski definition) is 2. The molecule has 2 nitrogen and oxygen atoms in total. The summed E-state index contributed by atoms with van der Waals surface area (Å²) in [5.74, 6) is 0.352. The van der Waals surface area contributed by atoms with Gasteiger partial charge in [-0.05, 0) is 42.0 Å². The van der Waals surface area contributed by atoms with Crippen LogP contribution < -0.4 is 0 Å². The number of carbonyl (C=O) groups excluding carboxylic acids is 2. The first-order valence-electron chi connectivity index (χ1n) is 9.51. The van der Waals surface area contributed by atoms with Crippen LogP contribution in [0.1, 0.15) is 60.3 Å². The van der Waals surface area contributed by atoms with Crippen LogP contribution in [0.25, 0.3) is 0 Å². The number of benzene rings is 2. The van der Waals surface area contributed by atoms with Gasteiger partial charge < -0.3 is 0 Å². The van der Waals surface area contributed by atoms with Gasteiger partial charge in [-0.25, -0.2) is 0 Å². The van der Waals surface area contributed by atoms with E-state index in [1.54, 1.807) is 0 Å². The summed E-state index contributed by atoms with van der Waals surface area (Å²) in [6.45, 7) is 2.12. The molecule has 26 heavy (non-hydrogen) atoms. The summed E-state index contributed by atoms with van der Waals surface area (Å²) in [7, 11) is 0. The van der Waals surface area contributed by atoms with Crippen molar-refractivity contribution in [1.29, 1.82) is 0 Å². The Morgan fingerprint density at radius 3 is 1.77 bits per heavy atom. The summed E-state index contributed by atoms with van der Waals surface area (Å²) >= 11 is 0. The fourth-order valence-corrected chi connectivity index (χ4v) is 6.89. The van der Waals surface area contributed by atoms with Crippen LogP contribution in [0.5, 0.6) is 0 Å². The third kappa shape index (κ3) is 1.30. The van der Waals surface area contributed by atoms with E-state index in [1.807, 2.05) is 0 Å². The van der Waals surface area contributed by atoms with Gasteiger partial charge in [-0.15, -0.1) is 0 Å². The van der Waals surface area contributed by atoms with E-state index in [-0.39, 0.29) is 29.8 Å². The molecular weight excluding hydrogens is 320 g/mol. The Kier molecular flexibility index (Phi) is 2.50. The maximum absolute atomic E-state index is 13.5. The minimum atomic E-state index is -0.587. The largest absolute Gasteiger partial charge is 0.299 e. The van der Waals surface area contributed by atoms with Crippen LogP contribution in [0, 0.1) is 10.8 Å². The van der Waals surface area contributed by atoms with Gasteiger partial charge in [0, 0.05) is 11.8 Å². The first kappa shape index (κ1) is 14.7. The highest BCUT2D eigenvalue weighted by Crippen LogP contribution is 2.76. The minimum Gasteiger partial charge on any atom is -0.299 e. The zero-order chi connectivity index (χ0) is 17.7. The molecule has 5 aliphatic carbocycles. The second kappa shape index (κ2) is 4.43. The number of carbonyl (C=O) groups is 2. The zero-order valence-electron chi connectivity index (χ0n) is 14.8. The predicted octanol–water partition coefficient (Wildman–Crippen LogP) is 4.53. The van der Waals surface area contributed by atoms with Crippen LogP contribution in [0.3, 0.4) is 0 Å². The maximum Gasteiger partial charge on any atom is 0.148 e. The minimum absolute atomic E-state index is 0.00231. The molecule has 7 rings (SSSR count). The van der Waals surface area contributed by atoms with Crippen molar-refractivity contribution in [3.63, 3.8) is 0 Å². The van der Waals surface area contributed by atoms with Gasteiger partial charge in [-0.2, -0.15) is 0 Å². The Labute approximate surface area is 152 Å². The third-order valence-electron chi connectivity index (χ3n) is 7.66. The summed E-state index contributed by atoms with van der Waals surface area (Å²) in [5, 5.41) is 0. The van der Waals surface area contributed by atoms with E-state index in [2.05, 4.69) is 61.5 Å². The second-order valence-corrected chi connectivity index (χ2v) is 8.52. The van der Waals surface area contributed by atoms with Crippen molar-refractivity contribution in [2.24, 2.45) is 10.8 Å². The average molecular weight is 340 g/mol. The molecular formula is C24H20O2. The van der Waals surface area contributed by atoms with Gasteiger partial charge in [0.25, 0.3) is 0 Å². The summed E-state index contributed by atoms with van der Waals surface area (Å²) in [5.41, 5.74) is 5.15. The van der Waals surface area contributed by atoms with Crippen molar-refractivity contribution in [3.8, 4) is 0 Å². The van der Waals surface area contributed by atoms with E-state index in [4.69, 9.17) is 0 Å². The van der Waals surface area contributed by atoms with Gasteiger partial charge in [0.1, 0.15) is 11.6 Å². The summed E-state index contributed by atoms with van der Waals surface area (Å²) in [6.07, 6.45) is 3.76. The van der Waals surface area contributed by atoms with E-state index in [1.165, 1.54) is 27.8 Å². The smallest absolute Gasteiger partial charge is 0.148 e. The van der Waals surface area contributed by atoms with Crippen molar-refractivity contribution in [1.82, 2.24) is 0 Å². The Morgan fingerprint density at radius 1 is 0.769 bits per heavy atom. The molecule has 0 spiro atoms. The van der Waals surface area contributed by atoms with E-state index in [0.717, 1.165) is 6.42 Å². The first-order valence-corrected chi connectivity index (χ1v) is 9.51. The van der Waals surface area contributed by atoms with E-state index in [0.29, 0.717) is 6.42 Å². The monoisotopic (exact) mass is 340 g/mol. The molecule has 0 amide bonds. The molecule has 128 valence electrons. The molecule has 0 unspecified atom stereocenters. The molecule has 0 aliphatic heterocycles. The van der Waals surface area contributed by atoms with Crippen LogP contribution in [-0.2, 0) is 9.59 Å². The van der Waals surface area contributed by atoms with Crippen LogP contribution in [0.15, 0.2) is 60.2 Å². The van der Waals surface area contributed by atoms with Crippen LogP contribution in [-0.4, -0.2) is 11.6 Å². The van der Waals surface area contributed by atoms with Crippen molar-refractivity contribution in [3.05, 3.63) is 82.4 Å². The van der Waals surface area contributed by atoms with E-state index < -0.39 is 10.8 Å². The fraction of sp³-hybridized carbons (Fsp3) is 0.333. The average Bonchev–Trinajstić information content (AvgIpc) is 2.89. The van der Waals surface area contributed by atoms with Gasteiger partial charge >= 0.3 is 0 Å². The lowest BCUT2D eigenvalue weighted by Gasteiger charge is -2.62. The van der Waals surface area contributed by atoms with Gasteiger partial charge in [0.15, 0.2) is 0 Å². The van der Waals surface area contributed by atoms with Gasteiger partial charge in [0.05, 0.1) is 17.3 Å². The topological polar surface area (TPSA) is 34.1 Å². The van der Waals surface area contributed by atoms with Crippen LogP contribution in [0.2, 0.25) is 0 Å². The quantitative estimate of drug-likeness (QED) is 0.521. The lowest BCUT2D eigenvalue weighted by Crippen LogP contribution is -2.59. The number of rotatable bonds is 0. The van der Waals surface area contributed by atoms with E-state index in [9.17, 15) is 9.59 Å². The van der Waals surface area contributed by atoms with Crippen molar-refractivity contribution in [2.75, 3.05) is 0 Å². The Bertz CT molecular complexity index is 998. The zero-order valence-corrected chi connectivity index (χ0v) is 14.8. The highest BCUT2D eigenvalue weighted by atomic mass is 16.2. The third-order valence-corrected chi connectivity index (χ3v) is 7.66. The Hall–Kier alpha value is -2.48. The fourth-order valence-electron chi connectivity index (χ4n) is 6.89. The lowest BCUT2D eigenvalue weighted by molar-refractivity contribution is -0.141. The highest BCUT2D eigenvalue weighted by molar-refractivity contribution is 6.16.